The fourth-order valence-corrected chi connectivity index (χ4v) is 2.67. The van der Waals surface area contributed by atoms with Crippen LogP contribution in [0.5, 0.6) is 5.75 Å². The van der Waals surface area contributed by atoms with Gasteiger partial charge in [0.05, 0.1) is 19.3 Å². The Bertz CT molecular complexity index is 1020. The van der Waals surface area contributed by atoms with E-state index in [2.05, 4.69) is 22.5 Å². The third kappa shape index (κ3) is 5.39. The summed E-state index contributed by atoms with van der Waals surface area (Å²) < 4.78 is 5.29. The molecule has 4 heteroatoms. The molecule has 0 radical (unpaired) electrons. The van der Waals surface area contributed by atoms with Crippen LogP contribution < -0.4 is 15.4 Å². The lowest BCUT2D eigenvalue weighted by atomic mass is 10.1. The van der Waals surface area contributed by atoms with Crippen LogP contribution in [0.3, 0.4) is 0 Å². The number of carbonyl (C=O) groups excluding carboxylic acids is 1. The van der Waals surface area contributed by atoms with E-state index in [0.29, 0.717) is 11.4 Å². The van der Waals surface area contributed by atoms with E-state index in [1.165, 1.54) is 0 Å². The number of carbonyl (C=O) groups is 1. The summed E-state index contributed by atoms with van der Waals surface area (Å²) in [4.78, 5) is 12.3. The van der Waals surface area contributed by atoms with Crippen LogP contribution in [0.15, 0.2) is 72.8 Å². The standard InChI is InChI=1S/C24H22N2O2/c1-18-11-14-23(28-2)22(15-18)26-24(27)17-25-21-10-6-9-20(16-21)13-12-19-7-4-3-5-8-19/h3-11,14-16,25H,17H2,1-2H3,(H,26,27). The van der Waals surface area contributed by atoms with Crippen molar-refractivity contribution in [1.29, 1.82) is 0 Å². The highest BCUT2D eigenvalue weighted by atomic mass is 16.5. The van der Waals surface area contributed by atoms with E-state index in [0.717, 1.165) is 22.4 Å². The highest BCUT2D eigenvalue weighted by Crippen LogP contribution is 2.25. The second-order valence-electron chi connectivity index (χ2n) is 6.30. The lowest BCUT2D eigenvalue weighted by Gasteiger charge is -2.12. The molecule has 3 aromatic carbocycles. The Labute approximate surface area is 165 Å². The highest BCUT2D eigenvalue weighted by Gasteiger charge is 2.08. The van der Waals surface area contributed by atoms with Crippen molar-refractivity contribution in [2.75, 3.05) is 24.3 Å². The van der Waals surface area contributed by atoms with Crippen molar-refractivity contribution < 1.29 is 9.53 Å². The third-order valence-electron chi connectivity index (χ3n) is 4.07. The van der Waals surface area contributed by atoms with Crippen LogP contribution in [0, 0.1) is 18.8 Å². The molecular weight excluding hydrogens is 348 g/mol. The van der Waals surface area contributed by atoms with Crippen molar-refractivity contribution in [2.24, 2.45) is 0 Å². The topological polar surface area (TPSA) is 50.4 Å². The molecule has 0 spiro atoms. The van der Waals surface area contributed by atoms with E-state index in [1.807, 2.05) is 79.7 Å². The largest absolute Gasteiger partial charge is 0.495 e. The molecule has 4 nitrogen and oxygen atoms in total. The molecule has 3 rings (SSSR count). The monoisotopic (exact) mass is 370 g/mol. The SMILES string of the molecule is COc1ccc(C)cc1NC(=O)CNc1cccc(C#Cc2ccccc2)c1. The second kappa shape index (κ2) is 9.29. The third-order valence-corrected chi connectivity index (χ3v) is 4.07. The Balaban J connectivity index is 1.61. The van der Waals surface area contributed by atoms with Gasteiger partial charge in [-0.2, -0.15) is 0 Å². The second-order valence-corrected chi connectivity index (χ2v) is 6.30. The molecule has 140 valence electrons. The van der Waals surface area contributed by atoms with Gasteiger partial charge in [0.15, 0.2) is 0 Å². The molecule has 0 heterocycles. The zero-order valence-electron chi connectivity index (χ0n) is 16.0. The minimum atomic E-state index is -0.148. The first-order valence-corrected chi connectivity index (χ1v) is 8.99. The molecule has 0 bridgehead atoms. The normalized spacial score (nSPS) is 9.79. The molecular formula is C24H22N2O2. The Kier molecular flexibility index (Phi) is 6.33. The van der Waals surface area contributed by atoms with Crippen LogP contribution >= 0.6 is 0 Å². The number of nitrogens with one attached hydrogen (secondary N) is 2. The van der Waals surface area contributed by atoms with Crippen molar-refractivity contribution in [3.63, 3.8) is 0 Å². The van der Waals surface area contributed by atoms with Crippen molar-refractivity contribution in [2.45, 2.75) is 6.92 Å². The Morgan fingerprint density at radius 2 is 1.68 bits per heavy atom. The predicted octanol–water partition coefficient (Wildman–Crippen LogP) is 4.45. The number of amides is 1. The summed E-state index contributed by atoms with van der Waals surface area (Å²) >= 11 is 0. The smallest absolute Gasteiger partial charge is 0.243 e. The summed E-state index contributed by atoms with van der Waals surface area (Å²) in [6, 6.07) is 23.2. The van der Waals surface area contributed by atoms with E-state index >= 15 is 0 Å². The first-order chi connectivity index (χ1) is 13.6. The minimum absolute atomic E-state index is 0.145. The van der Waals surface area contributed by atoms with Crippen LogP contribution in [0.1, 0.15) is 16.7 Å². The van der Waals surface area contributed by atoms with Crippen molar-refractivity contribution in [3.8, 4) is 17.6 Å². The van der Waals surface area contributed by atoms with E-state index in [4.69, 9.17) is 4.74 Å². The van der Waals surface area contributed by atoms with Gasteiger partial charge in [0.25, 0.3) is 0 Å². The maximum Gasteiger partial charge on any atom is 0.243 e. The van der Waals surface area contributed by atoms with Gasteiger partial charge in [0.2, 0.25) is 5.91 Å². The highest BCUT2D eigenvalue weighted by molar-refractivity contribution is 5.95. The zero-order chi connectivity index (χ0) is 19.8. The zero-order valence-corrected chi connectivity index (χ0v) is 16.0. The average Bonchev–Trinajstić information content (AvgIpc) is 2.72. The van der Waals surface area contributed by atoms with E-state index in [-0.39, 0.29) is 12.5 Å². The molecule has 0 unspecified atom stereocenters. The fourth-order valence-electron chi connectivity index (χ4n) is 2.67. The minimum Gasteiger partial charge on any atom is -0.495 e. The maximum atomic E-state index is 12.3. The van der Waals surface area contributed by atoms with E-state index in [9.17, 15) is 4.79 Å². The molecule has 0 aromatic heterocycles. The number of anilines is 2. The van der Waals surface area contributed by atoms with Gasteiger partial charge in [0, 0.05) is 16.8 Å². The van der Waals surface area contributed by atoms with Gasteiger partial charge < -0.3 is 15.4 Å². The molecule has 1 amide bonds. The first kappa shape index (κ1) is 19.1. The summed E-state index contributed by atoms with van der Waals surface area (Å²) in [7, 11) is 1.58. The summed E-state index contributed by atoms with van der Waals surface area (Å²) in [6.45, 7) is 2.11. The number of hydrogen-bond acceptors (Lipinski definition) is 3. The summed E-state index contributed by atoms with van der Waals surface area (Å²) in [5.41, 5.74) is 4.40. The summed E-state index contributed by atoms with van der Waals surface area (Å²) in [6.07, 6.45) is 0. The van der Waals surface area contributed by atoms with Crippen LogP contribution in [0.4, 0.5) is 11.4 Å². The fraction of sp³-hybridized carbons (Fsp3) is 0.125. The van der Waals surface area contributed by atoms with Crippen molar-refractivity contribution in [1.82, 2.24) is 0 Å². The Morgan fingerprint density at radius 1 is 0.929 bits per heavy atom. The van der Waals surface area contributed by atoms with Crippen LogP contribution in [0.25, 0.3) is 0 Å². The molecule has 0 aliphatic heterocycles. The maximum absolute atomic E-state index is 12.3. The number of aryl methyl sites for hydroxylation is 1. The lowest BCUT2D eigenvalue weighted by Crippen LogP contribution is -2.22. The molecule has 0 saturated carbocycles. The van der Waals surface area contributed by atoms with Crippen molar-refractivity contribution >= 4 is 17.3 Å². The molecule has 0 fully saturated rings. The Morgan fingerprint density at radius 3 is 2.46 bits per heavy atom. The molecule has 28 heavy (non-hydrogen) atoms. The quantitative estimate of drug-likeness (QED) is 0.652. The summed E-state index contributed by atoms with van der Waals surface area (Å²) in [5, 5.41) is 6.01. The van der Waals surface area contributed by atoms with Crippen LogP contribution in [-0.4, -0.2) is 19.6 Å². The number of hydrogen-bond donors (Lipinski definition) is 2. The van der Waals surface area contributed by atoms with Gasteiger partial charge in [-0.3, -0.25) is 4.79 Å². The molecule has 0 aliphatic carbocycles. The van der Waals surface area contributed by atoms with Crippen LogP contribution in [-0.2, 0) is 4.79 Å². The van der Waals surface area contributed by atoms with Gasteiger partial charge in [-0.05, 0) is 55.0 Å². The molecule has 0 aliphatic rings. The molecule has 0 saturated heterocycles. The average molecular weight is 370 g/mol. The number of rotatable bonds is 5. The molecule has 0 atom stereocenters. The van der Waals surface area contributed by atoms with Gasteiger partial charge >= 0.3 is 0 Å². The van der Waals surface area contributed by atoms with Gasteiger partial charge in [0.1, 0.15) is 5.75 Å². The van der Waals surface area contributed by atoms with Gasteiger partial charge in [-0.25, -0.2) is 0 Å². The number of benzene rings is 3. The van der Waals surface area contributed by atoms with Gasteiger partial charge in [-0.15, -0.1) is 0 Å². The molecule has 2 N–H and O–H groups in total. The number of ether oxygens (including phenoxy) is 1. The van der Waals surface area contributed by atoms with Gasteiger partial charge in [-0.1, -0.05) is 42.2 Å². The number of methoxy groups -OCH3 is 1. The Hall–Kier alpha value is -3.71. The van der Waals surface area contributed by atoms with E-state index < -0.39 is 0 Å². The van der Waals surface area contributed by atoms with Crippen LogP contribution in [0.2, 0.25) is 0 Å². The van der Waals surface area contributed by atoms with Crippen molar-refractivity contribution in [3.05, 3.63) is 89.5 Å². The predicted molar refractivity (Wildman–Crippen MR) is 114 cm³/mol. The summed E-state index contributed by atoms with van der Waals surface area (Å²) in [5.74, 6) is 6.76. The molecule has 3 aromatic rings. The van der Waals surface area contributed by atoms with E-state index in [1.54, 1.807) is 7.11 Å². The lowest BCUT2D eigenvalue weighted by molar-refractivity contribution is -0.114. The first-order valence-electron chi connectivity index (χ1n) is 8.99.